The number of carbonyl (C=O) groups is 1. The van der Waals surface area contributed by atoms with E-state index in [1.807, 2.05) is 6.20 Å². The van der Waals surface area contributed by atoms with Gasteiger partial charge in [0.2, 0.25) is 0 Å². The molecule has 11 heteroatoms. The Morgan fingerprint density at radius 1 is 1.18 bits per heavy atom. The Balaban J connectivity index is 1.52. The molecule has 0 aliphatic heterocycles. The Bertz CT molecular complexity index is 1200. The first-order valence-corrected chi connectivity index (χ1v) is 10.9. The van der Waals surface area contributed by atoms with Crippen molar-refractivity contribution in [3.63, 3.8) is 0 Å². The van der Waals surface area contributed by atoms with Gasteiger partial charge in [-0.05, 0) is 31.3 Å². The second kappa shape index (κ2) is 8.94. The number of anilines is 3. The third kappa shape index (κ3) is 4.67. The number of carbonyl (C=O) groups excluding carboxylic acids is 1. The fraction of sp³-hybridized carbons (Fsp3) is 0.364. The van der Waals surface area contributed by atoms with Gasteiger partial charge in [0.15, 0.2) is 5.82 Å². The minimum atomic E-state index is -0.315. The Morgan fingerprint density at radius 3 is 2.67 bits per heavy atom. The molecule has 0 atom stereocenters. The van der Waals surface area contributed by atoms with Gasteiger partial charge in [-0.3, -0.25) is 9.48 Å². The van der Waals surface area contributed by atoms with Crippen LogP contribution in [0.1, 0.15) is 53.5 Å². The molecular weight excluding hydrogens is 422 g/mol. The number of aryl methyl sites for hydroxylation is 1. The molecule has 0 unspecified atom stereocenters. The van der Waals surface area contributed by atoms with E-state index < -0.39 is 0 Å². The van der Waals surface area contributed by atoms with Crippen molar-refractivity contribution in [2.75, 3.05) is 23.8 Å². The van der Waals surface area contributed by atoms with Crippen molar-refractivity contribution < 1.29 is 9.90 Å². The van der Waals surface area contributed by atoms with E-state index in [0.29, 0.717) is 34.5 Å². The van der Waals surface area contributed by atoms with Gasteiger partial charge in [-0.2, -0.15) is 5.10 Å². The number of aliphatic hydroxyl groups excluding tert-OH is 1. The maximum absolute atomic E-state index is 12.7. The van der Waals surface area contributed by atoms with Gasteiger partial charge < -0.3 is 21.1 Å². The molecule has 4 N–H and O–H groups in total. The lowest BCUT2D eigenvalue weighted by Gasteiger charge is -2.16. The molecule has 3 aromatic heterocycles. The van der Waals surface area contributed by atoms with E-state index in [2.05, 4.69) is 36.0 Å². The number of nitrogens with one attached hydrogen (secondary N) is 3. The Hall–Kier alpha value is -3.86. The summed E-state index contributed by atoms with van der Waals surface area (Å²) in [6, 6.07) is 0. The third-order valence-electron chi connectivity index (χ3n) is 5.51. The van der Waals surface area contributed by atoms with Crippen LogP contribution in [0.5, 0.6) is 0 Å². The average Bonchev–Trinajstić information content (AvgIpc) is 3.75. The van der Waals surface area contributed by atoms with Crippen LogP contribution in [0.25, 0.3) is 5.70 Å². The number of amides is 1. The summed E-state index contributed by atoms with van der Waals surface area (Å²) in [5.74, 6) is 0.713. The van der Waals surface area contributed by atoms with Crippen molar-refractivity contribution in [1.29, 1.82) is 0 Å². The number of hydrogen-bond acceptors (Lipinski definition) is 9. The lowest BCUT2D eigenvalue weighted by atomic mass is 10.2. The van der Waals surface area contributed by atoms with Gasteiger partial charge in [0.25, 0.3) is 5.91 Å². The molecule has 2 aliphatic rings. The summed E-state index contributed by atoms with van der Waals surface area (Å²) in [7, 11) is 1.71. The van der Waals surface area contributed by atoms with Crippen LogP contribution in [0.3, 0.4) is 0 Å². The summed E-state index contributed by atoms with van der Waals surface area (Å²) in [6.45, 7) is 0.0307. The maximum Gasteiger partial charge on any atom is 0.271 e. The van der Waals surface area contributed by atoms with Crippen LogP contribution in [0.15, 0.2) is 36.7 Å². The van der Waals surface area contributed by atoms with E-state index >= 15 is 0 Å². The quantitative estimate of drug-likeness (QED) is 0.387. The first-order chi connectivity index (χ1) is 16.1. The molecule has 2 fully saturated rings. The molecule has 170 valence electrons. The smallest absolute Gasteiger partial charge is 0.271 e. The molecule has 3 aromatic rings. The Labute approximate surface area is 190 Å². The largest absolute Gasteiger partial charge is 0.395 e. The van der Waals surface area contributed by atoms with Crippen molar-refractivity contribution in [3.8, 4) is 0 Å². The zero-order valence-corrected chi connectivity index (χ0v) is 18.2. The Kier molecular flexibility index (Phi) is 5.69. The molecule has 0 aromatic carbocycles. The van der Waals surface area contributed by atoms with E-state index in [1.54, 1.807) is 25.6 Å². The van der Waals surface area contributed by atoms with Gasteiger partial charge in [-0.1, -0.05) is 0 Å². The van der Waals surface area contributed by atoms with Crippen LogP contribution in [-0.2, 0) is 7.05 Å². The normalized spacial score (nSPS) is 14.7. The number of nitrogens with zero attached hydrogens (tertiary/aromatic N) is 6. The number of hydrogen-bond donors (Lipinski definition) is 4. The molecule has 2 saturated carbocycles. The van der Waals surface area contributed by atoms with Crippen LogP contribution in [0.4, 0.5) is 17.2 Å². The van der Waals surface area contributed by atoms with Crippen molar-refractivity contribution in [2.45, 2.75) is 31.6 Å². The fourth-order valence-electron chi connectivity index (χ4n) is 3.56. The van der Waals surface area contributed by atoms with Gasteiger partial charge in [0, 0.05) is 19.5 Å². The predicted octanol–water partition coefficient (Wildman–Crippen LogP) is 1.96. The number of rotatable bonds is 9. The SMILES string of the molecule is Cn1ncc(NC(=C2CC2)c2nc(C3CC3)cnc2Nc2cncnc2)c1C(=O)NCCO. The molecule has 0 saturated heterocycles. The van der Waals surface area contributed by atoms with Gasteiger partial charge in [-0.15, -0.1) is 0 Å². The monoisotopic (exact) mass is 447 g/mol. The van der Waals surface area contributed by atoms with E-state index in [-0.39, 0.29) is 19.1 Å². The molecule has 1 amide bonds. The molecule has 0 radical (unpaired) electrons. The average molecular weight is 448 g/mol. The molecule has 0 bridgehead atoms. The van der Waals surface area contributed by atoms with Gasteiger partial charge in [-0.25, -0.2) is 19.9 Å². The first kappa shape index (κ1) is 21.0. The zero-order chi connectivity index (χ0) is 22.8. The first-order valence-electron chi connectivity index (χ1n) is 10.9. The number of aromatic nitrogens is 6. The van der Waals surface area contributed by atoms with Crippen molar-refractivity contribution in [1.82, 2.24) is 35.0 Å². The number of allylic oxidation sites excluding steroid dienone is 1. The summed E-state index contributed by atoms with van der Waals surface area (Å²) < 4.78 is 1.51. The second-order valence-electron chi connectivity index (χ2n) is 8.13. The third-order valence-corrected chi connectivity index (χ3v) is 5.51. The summed E-state index contributed by atoms with van der Waals surface area (Å²) in [6.07, 6.45) is 12.4. The highest BCUT2D eigenvalue weighted by Gasteiger charge is 2.30. The fourth-order valence-corrected chi connectivity index (χ4v) is 3.56. The second-order valence-corrected chi connectivity index (χ2v) is 8.13. The molecule has 5 rings (SSSR count). The molecule has 11 nitrogen and oxygen atoms in total. The van der Waals surface area contributed by atoms with Crippen molar-refractivity contribution in [3.05, 3.63) is 53.8 Å². The highest BCUT2D eigenvalue weighted by Crippen LogP contribution is 2.42. The lowest BCUT2D eigenvalue weighted by Crippen LogP contribution is -2.29. The van der Waals surface area contributed by atoms with Crippen molar-refractivity contribution in [2.24, 2.45) is 7.05 Å². The van der Waals surface area contributed by atoms with Crippen LogP contribution >= 0.6 is 0 Å². The highest BCUT2D eigenvalue weighted by molar-refractivity contribution is 6.00. The van der Waals surface area contributed by atoms with E-state index in [0.717, 1.165) is 37.1 Å². The van der Waals surface area contributed by atoms with Crippen LogP contribution in [0.2, 0.25) is 0 Å². The predicted molar refractivity (Wildman–Crippen MR) is 122 cm³/mol. The highest BCUT2D eigenvalue weighted by atomic mass is 16.3. The van der Waals surface area contributed by atoms with Gasteiger partial charge in [0.05, 0.1) is 54.2 Å². The summed E-state index contributed by atoms with van der Waals surface area (Å²) in [5.41, 5.74) is 5.34. The van der Waals surface area contributed by atoms with E-state index in [1.165, 1.54) is 16.6 Å². The standard InChI is InChI=1S/C22H25N9O2/c1-31-20(22(33)25-6-7-32)17(11-27-31)30-18(14-4-5-14)19-21(28-15-8-23-12-24-9-15)26-10-16(29-19)13-2-3-13/h8-13,30,32H,2-7H2,1H3,(H,25,33)(H,26,28). The van der Waals surface area contributed by atoms with Crippen LogP contribution < -0.4 is 16.0 Å². The molecular formula is C22H25N9O2. The minimum Gasteiger partial charge on any atom is -0.395 e. The lowest BCUT2D eigenvalue weighted by molar-refractivity contribution is 0.0936. The van der Waals surface area contributed by atoms with E-state index in [9.17, 15) is 4.79 Å². The molecule has 33 heavy (non-hydrogen) atoms. The molecule has 0 spiro atoms. The zero-order valence-electron chi connectivity index (χ0n) is 18.2. The van der Waals surface area contributed by atoms with Crippen molar-refractivity contribution >= 4 is 28.8 Å². The van der Waals surface area contributed by atoms with Gasteiger partial charge >= 0.3 is 0 Å². The van der Waals surface area contributed by atoms with Crippen LogP contribution in [-0.4, -0.2) is 53.9 Å². The molecule has 3 heterocycles. The maximum atomic E-state index is 12.7. The van der Waals surface area contributed by atoms with Gasteiger partial charge in [0.1, 0.15) is 17.7 Å². The Morgan fingerprint density at radius 2 is 1.97 bits per heavy atom. The summed E-state index contributed by atoms with van der Waals surface area (Å²) in [4.78, 5) is 30.5. The van der Waals surface area contributed by atoms with E-state index in [4.69, 9.17) is 10.1 Å². The summed E-state index contributed by atoms with van der Waals surface area (Å²) >= 11 is 0. The molecule has 2 aliphatic carbocycles. The topological polar surface area (TPSA) is 143 Å². The van der Waals surface area contributed by atoms with Crippen LogP contribution in [0, 0.1) is 0 Å². The summed E-state index contributed by atoms with van der Waals surface area (Å²) in [5, 5.41) is 22.7. The number of aliphatic hydroxyl groups is 1. The minimum absolute atomic E-state index is 0.135.